The number of benzene rings is 2. The Balaban J connectivity index is 1.62. The molecule has 3 rings (SSSR count). The Morgan fingerprint density at radius 1 is 1.11 bits per heavy atom. The molecule has 1 aromatic heterocycles. The van der Waals surface area contributed by atoms with E-state index in [1.807, 2.05) is 38.1 Å². The molecule has 0 spiro atoms. The highest BCUT2D eigenvalue weighted by Gasteiger charge is 2.09. The largest absolute Gasteiger partial charge is 0.325 e. The summed E-state index contributed by atoms with van der Waals surface area (Å²) < 4.78 is 24.7. The molecule has 2 aromatic carbocycles. The SMILES string of the molecule is Cc1cc(SCC(=O)Nc2ccc(SC(F)F)cc2)nc2c(C)cccc12. The predicted octanol–water partition coefficient (Wildman–Crippen LogP) is 5.90. The molecule has 0 aliphatic heterocycles. The van der Waals surface area contributed by atoms with Gasteiger partial charge in [-0.05, 0) is 55.3 Å². The molecule has 140 valence electrons. The average Bonchev–Trinajstić information content (AvgIpc) is 2.62. The summed E-state index contributed by atoms with van der Waals surface area (Å²) in [6.07, 6.45) is 0. The van der Waals surface area contributed by atoms with Gasteiger partial charge < -0.3 is 5.32 Å². The van der Waals surface area contributed by atoms with Crippen molar-refractivity contribution in [3.05, 3.63) is 59.7 Å². The lowest BCUT2D eigenvalue weighted by Gasteiger charge is -2.09. The van der Waals surface area contributed by atoms with E-state index in [1.54, 1.807) is 24.3 Å². The fourth-order valence-electron chi connectivity index (χ4n) is 2.66. The number of para-hydroxylation sites is 1. The van der Waals surface area contributed by atoms with Crippen molar-refractivity contribution in [2.45, 2.75) is 29.5 Å². The summed E-state index contributed by atoms with van der Waals surface area (Å²) >= 11 is 1.85. The lowest BCUT2D eigenvalue weighted by molar-refractivity contribution is -0.113. The Hall–Kier alpha value is -2.12. The molecule has 1 amide bonds. The number of halogens is 2. The molecule has 0 aliphatic rings. The molecule has 0 unspecified atom stereocenters. The second kappa shape index (κ2) is 8.71. The zero-order valence-corrected chi connectivity index (χ0v) is 16.5. The van der Waals surface area contributed by atoms with Gasteiger partial charge in [-0.1, -0.05) is 41.7 Å². The molecular formula is C20H18F2N2OS2. The number of hydrogen-bond donors (Lipinski definition) is 1. The molecule has 3 aromatic rings. The van der Waals surface area contributed by atoms with Crippen molar-refractivity contribution in [1.82, 2.24) is 4.98 Å². The number of fused-ring (bicyclic) bond motifs is 1. The Labute approximate surface area is 165 Å². The van der Waals surface area contributed by atoms with E-state index in [9.17, 15) is 13.6 Å². The summed E-state index contributed by atoms with van der Waals surface area (Å²) in [5, 5.41) is 4.69. The maximum atomic E-state index is 12.3. The van der Waals surface area contributed by atoms with E-state index in [2.05, 4.69) is 10.3 Å². The van der Waals surface area contributed by atoms with E-state index in [0.717, 1.165) is 27.1 Å². The number of rotatable bonds is 6. The van der Waals surface area contributed by atoms with Crippen molar-refractivity contribution < 1.29 is 13.6 Å². The highest BCUT2D eigenvalue weighted by Crippen LogP contribution is 2.27. The zero-order chi connectivity index (χ0) is 19.4. The molecule has 7 heteroatoms. The van der Waals surface area contributed by atoms with E-state index < -0.39 is 5.76 Å². The maximum Gasteiger partial charge on any atom is 0.288 e. The van der Waals surface area contributed by atoms with Crippen LogP contribution in [0.2, 0.25) is 0 Å². The maximum absolute atomic E-state index is 12.3. The minimum atomic E-state index is -2.46. The van der Waals surface area contributed by atoms with Crippen LogP contribution in [0, 0.1) is 13.8 Å². The number of nitrogens with one attached hydrogen (secondary N) is 1. The van der Waals surface area contributed by atoms with Gasteiger partial charge in [-0.25, -0.2) is 4.98 Å². The number of thioether (sulfide) groups is 2. The second-order valence-corrected chi connectivity index (χ2v) is 8.05. The smallest absolute Gasteiger partial charge is 0.288 e. The predicted molar refractivity (Wildman–Crippen MR) is 109 cm³/mol. The summed E-state index contributed by atoms with van der Waals surface area (Å²) in [6.45, 7) is 4.05. The van der Waals surface area contributed by atoms with Crippen molar-refractivity contribution in [2.75, 3.05) is 11.1 Å². The first-order chi connectivity index (χ1) is 12.9. The van der Waals surface area contributed by atoms with Crippen LogP contribution in [0.15, 0.2) is 58.5 Å². The van der Waals surface area contributed by atoms with Crippen LogP contribution in [-0.2, 0) is 4.79 Å². The van der Waals surface area contributed by atoms with Gasteiger partial charge in [0.1, 0.15) is 0 Å². The van der Waals surface area contributed by atoms with Crippen LogP contribution in [0.1, 0.15) is 11.1 Å². The number of carbonyl (C=O) groups excluding carboxylic acids is 1. The molecule has 0 saturated heterocycles. The van der Waals surface area contributed by atoms with E-state index in [-0.39, 0.29) is 11.7 Å². The first-order valence-corrected chi connectivity index (χ1v) is 10.1. The summed E-state index contributed by atoms with van der Waals surface area (Å²) in [5.74, 6) is -2.40. The lowest BCUT2D eigenvalue weighted by Crippen LogP contribution is -2.14. The molecule has 0 aliphatic carbocycles. The molecule has 0 atom stereocenters. The molecule has 27 heavy (non-hydrogen) atoms. The molecule has 1 heterocycles. The number of nitrogens with zero attached hydrogens (tertiary/aromatic N) is 1. The van der Waals surface area contributed by atoms with Crippen LogP contribution in [0.5, 0.6) is 0 Å². The first kappa shape index (κ1) is 19.6. The monoisotopic (exact) mass is 404 g/mol. The molecule has 0 saturated carbocycles. The lowest BCUT2D eigenvalue weighted by atomic mass is 10.1. The summed E-state index contributed by atoms with van der Waals surface area (Å²) in [6, 6.07) is 14.4. The van der Waals surface area contributed by atoms with Crippen LogP contribution >= 0.6 is 23.5 Å². The third kappa shape index (κ3) is 5.20. The Kier molecular flexibility index (Phi) is 6.34. The minimum Gasteiger partial charge on any atom is -0.325 e. The Morgan fingerprint density at radius 3 is 2.56 bits per heavy atom. The first-order valence-electron chi connectivity index (χ1n) is 8.27. The van der Waals surface area contributed by atoms with Gasteiger partial charge in [-0.3, -0.25) is 4.79 Å². The number of amides is 1. The number of anilines is 1. The third-order valence-corrected chi connectivity index (χ3v) is 5.57. The van der Waals surface area contributed by atoms with Gasteiger partial charge >= 0.3 is 0 Å². The van der Waals surface area contributed by atoms with Crippen molar-refractivity contribution in [1.29, 1.82) is 0 Å². The molecule has 0 bridgehead atoms. The fraction of sp³-hybridized carbons (Fsp3) is 0.200. The van der Waals surface area contributed by atoms with Crippen LogP contribution in [0.25, 0.3) is 10.9 Å². The third-order valence-electron chi connectivity index (χ3n) is 3.94. The van der Waals surface area contributed by atoms with Gasteiger partial charge in [-0.2, -0.15) is 8.78 Å². The van der Waals surface area contributed by atoms with Crippen molar-refractivity contribution >= 4 is 46.0 Å². The van der Waals surface area contributed by atoms with Gasteiger partial charge in [-0.15, -0.1) is 0 Å². The summed E-state index contributed by atoms with van der Waals surface area (Å²) in [4.78, 5) is 17.3. The fourth-order valence-corrected chi connectivity index (χ4v) is 3.93. The van der Waals surface area contributed by atoms with E-state index in [0.29, 0.717) is 22.3 Å². The molecule has 0 fully saturated rings. The van der Waals surface area contributed by atoms with Crippen molar-refractivity contribution in [3.63, 3.8) is 0 Å². The highest BCUT2D eigenvalue weighted by atomic mass is 32.2. The summed E-state index contributed by atoms with van der Waals surface area (Å²) in [5.41, 5.74) is 3.76. The van der Waals surface area contributed by atoms with Gasteiger partial charge in [0, 0.05) is 16.0 Å². The number of hydrogen-bond acceptors (Lipinski definition) is 4. The highest BCUT2D eigenvalue weighted by molar-refractivity contribution is 8.00. The van der Waals surface area contributed by atoms with E-state index >= 15 is 0 Å². The van der Waals surface area contributed by atoms with Gasteiger partial charge in [0.25, 0.3) is 5.76 Å². The molecule has 3 nitrogen and oxygen atoms in total. The number of aryl methyl sites for hydroxylation is 2. The quantitative estimate of drug-likeness (QED) is 0.520. The zero-order valence-electron chi connectivity index (χ0n) is 14.8. The van der Waals surface area contributed by atoms with Gasteiger partial charge in [0.05, 0.1) is 16.3 Å². The number of aromatic nitrogens is 1. The average molecular weight is 405 g/mol. The normalized spacial score (nSPS) is 11.1. The number of carbonyl (C=O) groups is 1. The number of alkyl halides is 2. The van der Waals surface area contributed by atoms with Gasteiger partial charge in [0.2, 0.25) is 5.91 Å². The van der Waals surface area contributed by atoms with E-state index in [4.69, 9.17) is 0 Å². The number of pyridine rings is 1. The Bertz CT molecular complexity index is 962. The van der Waals surface area contributed by atoms with Crippen LogP contribution in [0.4, 0.5) is 14.5 Å². The van der Waals surface area contributed by atoms with E-state index in [1.165, 1.54) is 11.8 Å². The molecular weight excluding hydrogens is 386 g/mol. The minimum absolute atomic E-state index is 0.168. The van der Waals surface area contributed by atoms with Crippen LogP contribution in [-0.4, -0.2) is 22.4 Å². The Morgan fingerprint density at radius 2 is 1.85 bits per heavy atom. The topological polar surface area (TPSA) is 42.0 Å². The molecule has 1 N–H and O–H groups in total. The van der Waals surface area contributed by atoms with Crippen molar-refractivity contribution in [2.24, 2.45) is 0 Å². The van der Waals surface area contributed by atoms with Gasteiger partial charge in [0.15, 0.2) is 0 Å². The summed E-state index contributed by atoms with van der Waals surface area (Å²) in [7, 11) is 0. The van der Waals surface area contributed by atoms with Crippen LogP contribution < -0.4 is 5.32 Å². The molecule has 0 radical (unpaired) electrons. The second-order valence-electron chi connectivity index (χ2n) is 5.99. The van der Waals surface area contributed by atoms with Crippen molar-refractivity contribution in [3.8, 4) is 0 Å². The standard InChI is InChI=1S/C20H18F2N2OS2/c1-12-4-3-5-16-13(2)10-18(24-19(12)16)26-11-17(25)23-14-6-8-15(9-7-14)27-20(21)22/h3-10,20H,11H2,1-2H3,(H,23,25). The van der Waals surface area contributed by atoms with Crippen LogP contribution in [0.3, 0.4) is 0 Å².